The summed E-state index contributed by atoms with van der Waals surface area (Å²) in [5.74, 6) is -1.33. The van der Waals surface area contributed by atoms with E-state index in [4.69, 9.17) is 9.84 Å². The van der Waals surface area contributed by atoms with Gasteiger partial charge in [-0.15, -0.1) is 0 Å². The lowest BCUT2D eigenvalue weighted by Crippen LogP contribution is -2.36. The quantitative estimate of drug-likeness (QED) is 0.673. The lowest BCUT2D eigenvalue weighted by atomic mass is 10.1. The number of β-amino-alcohol motifs (C(OH)–C–C–N with tert-alkyl or cyclic N) is 1. The van der Waals surface area contributed by atoms with E-state index in [9.17, 15) is 41.0 Å². The molecule has 0 spiro atoms. The first-order chi connectivity index (χ1) is 14.7. The number of hydrogen-bond donors (Lipinski definition) is 2. The first-order valence-electron chi connectivity index (χ1n) is 8.92. The summed E-state index contributed by atoms with van der Waals surface area (Å²) < 4.78 is 83.8. The summed E-state index contributed by atoms with van der Waals surface area (Å²) in [6, 6.07) is 2.00. The molecule has 1 aliphatic rings. The van der Waals surface area contributed by atoms with Gasteiger partial charge in [0.25, 0.3) is 0 Å². The molecular formula is C18H15F6N3O5. The topological polar surface area (TPSA) is 105 Å². The van der Waals surface area contributed by atoms with Crippen molar-refractivity contribution in [3.63, 3.8) is 0 Å². The number of hydrogen-bond acceptors (Lipinski definition) is 5. The van der Waals surface area contributed by atoms with Gasteiger partial charge in [0.1, 0.15) is 6.61 Å². The van der Waals surface area contributed by atoms with Crippen molar-refractivity contribution in [2.45, 2.75) is 38.2 Å². The number of nitrogens with zero attached hydrogens (tertiary/aromatic N) is 3. The minimum atomic E-state index is -5.05. The number of carbonyl (C=O) groups is 2. The number of halogens is 6. The summed E-state index contributed by atoms with van der Waals surface area (Å²) in [5, 5.41) is 22.8. The molecule has 1 atom stereocenters. The zero-order chi connectivity index (χ0) is 23.8. The molecule has 1 aliphatic heterocycles. The summed E-state index contributed by atoms with van der Waals surface area (Å²) in [6.45, 7) is -1.54. The van der Waals surface area contributed by atoms with Crippen molar-refractivity contribution in [3.05, 3.63) is 52.3 Å². The van der Waals surface area contributed by atoms with Gasteiger partial charge in [-0.1, -0.05) is 0 Å². The summed E-state index contributed by atoms with van der Waals surface area (Å²) in [5.41, 5.74) is -3.71. The van der Waals surface area contributed by atoms with Crippen molar-refractivity contribution in [1.29, 1.82) is 0 Å². The van der Waals surface area contributed by atoms with Crippen LogP contribution in [0.1, 0.15) is 32.9 Å². The van der Waals surface area contributed by atoms with E-state index in [1.165, 1.54) is 10.7 Å². The predicted octanol–water partition coefficient (Wildman–Crippen LogP) is 3.13. The van der Waals surface area contributed by atoms with Crippen molar-refractivity contribution < 1.29 is 50.9 Å². The monoisotopic (exact) mass is 467 g/mol. The first kappa shape index (κ1) is 23.4. The number of carboxylic acids is 1. The number of carboxylic acid groups (broad SMARTS) is 1. The predicted molar refractivity (Wildman–Crippen MR) is 92.2 cm³/mol. The Morgan fingerprint density at radius 3 is 2.16 bits per heavy atom. The Morgan fingerprint density at radius 1 is 1.03 bits per heavy atom. The number of aliphatic hydroxyl groups excluding tert-OH is 1. The van der Waals surface area contributed by atoms with E-state index in [-0.39, 0.29) is 37.1 Å². The van der Waals surface area contributed by atoms with Gasteiger partial charge in [-0.3, -0.25) is 9.58 Å². The summed E-state index contributed by atoms with van der Waals surface area (Å²) in [6.07, 6.45) is -12.4. The van der Waals surface area contributed by atoms with E-state index in [0.29, 0.717) is 12.1 Å². The molecule has 14 heteroatoms. The lowest BCUT2D eigenvalue weighted by molar-refractivity contribution is -0.143. The van der Waals surface area contributed by atoms with Gasteiger partial charge in [0.15, 0.2) is 5.69 Å². The maximum absolute atomic E-state index is 13.0. The second kappa shape index (κ2) is 8.33. The molecule has 0 saturated heterocycles. The Balaban J connectivity index is 1.78. The molecule has 1 aromatic carbocycles. The third-order valence-corrected chi connectivity index (χ3v) is 4.52. The molecule has 0 radical (unpaired) electrons. The molecule has 32 heavy (non-hydrogen) atoms. The maximum atomic E-state index is 13.0. The highest BCUT2D eigenvalue weighted by molar-refractivity contribution is 5.85. The van der Waals surface area contributed by atoms with Gasteiger partial charge in [0.05, 0.1) is 42.6 Å². The van der Waals surface area contributed by atoms with Crippen LogP contribution in [0, 0.1) is 0 Å². The molecule has 1 aromatic heterocycles. The first-order valence-corrected chi connectivity index (χ1v) is 8.92. The van der Waals surface area contributed by atoms with Crippen LogP contribution in [0.15, 0.2) is 24.3 Å². The molecular weight excluding hydrogens is 452 g/mol. The molecule has 1 unspecified atom stereocenters. The van der Waals surface area contributed by atoms with E-state index in [1.807, 2.05) is 0 Å². The molecule has 174 valence electrons. The van der Waals surface area contributed by atoms with Crippen LogP contribution in [0.25, 0.3) is 0 Å². The highest BCUT2D eigenvalue weighted by Gasteiger charge is 2.37. The number of rotatable bonds is 3. The number of aliphatic hydroxyl groups is 1. The van der Waals surface area contributed by atoms with E-state index in [1.54, 1.807) is 0 Å². The summed E-state index contributed by atoms with van der Waals surface area (Å²) in [4.78, 5) is 24.4. The Kier molecular flexibility index (Phi) is 6.09. The van der Waals surface area contributed by atoms with Crippen LogP contribution in [0.2, 0.25) is 0 Å². The Labute approximate surface area is 175 Å². The fourth-order valence-corrected chi connectivity index (χ4v) is 3.10. The molecule has 0 fully saturated rings. The standard InChI is InChI=1S/C18H15F6N3O5/c19-17(20,21)10-1-9(2-11(3-10)18(22,23)24)8-32-16(31)26-5-12-4-14(15(29)30)25-27(12)7-13(28)6-26/h1-4,13,28H,5-8H2,(H,29,30). The highest BCUT2D eigenvalue weighted by Crippen LogP contribution is 2.36. The smallest absolute Gasteiger partial charge is 0.416 e. The van der Waals surface area contributed by atoms with Crippen molar-refractivity contribution >= 4 is 12.1 Å². The van der Waals surface area contributed by atoms with Gasteiger partial charge in [0.2, 0.25) is 0 Å². The molecule has 2 aromatic rings. The molecule has 0 aliphatic carbocycles. The van der Waals surface area contributed by atoms with Gasteiger partial charge in [-0.25, -0.2) is 9.59 Å². The second-order valence-electron chi connectivity index (χ2n) is 7.01. The van der Waals surface area contributed by atoms with E-state index in [0.717, 1.165) is 4.90 Å². The average Bonchev–Trinajstić information content (AvgIpc) is 2.99. The van der Waals surface area contributed by atoms with Gasteiger partial charge in [-0.05, 0) is 29.8 Å². The largest absolute Gasteiger partial charge is 0.476 e. The van der Waals surface area contributed by atoms with Crippen molar-refractivity contribution in [1.82, 2.24) is 14.7 Å². The normalized spacial score (nSPS) is 17.0. The molecule has 2 N–H and O–H groups in total. The van der Waals surface area contributed by atoms with Crippen LogP contribution in [-0.2, 0) is 36.8 Å². The SMILES string of the molecule is O=C(O)c1cc2n(n1)CC(O)CN(C(=O)OCc1cc(C(F)(F)F)cc(C(F)(F)F)c1)C2. The molecule has 1 amide bonds. The van der Waals surface area contributed by atoms with Crippen LogP contribution in [-0.4, -0.2) is 49.6 Å². The van der Waals surface area contributed by atoms with Crippen LogP contribution in [0.5, 0.6) is 0 Å². The number of ether oxygens (including phenoxy) is 1. The Morgan fingerprint density at radius 2 is 1.62 bits per heavy atom. The van der Waals surface area contributed by atoms with E-state index >= 15 is 0 Å². The minimum Gasteiger partial charge on any atom is -0.476 e. The van der Waals surface area contributed by atoms with Crippen LogP contribution >= 0.6 is 0 Å². The van der Waals surface area contributed by atoms with Crippen molar-refractivity contribution in [2.75, 3.05) is 6.54 Å². The Bertz CT molecular complexity index is 1000. The van der Waals surface area contributed by atoms with Gasteiger partial charge < -0.3 is 14.9 Å². The number of aromatic carboxylic acids is 1. The zero-order valence-electron chi connectivity index (χ0n) is 15.9. The molecule has 2 heterocycles. The van der Waals surface area contributed by atoms with Gasteiger partial charge in [0, 0.05) is 0 Å². The van der Waals surface area contributed by atoms with E-state index in [2.05, 4.69) is 5.10 Å². The summed E-state index contributed by atoms with van der Waals surface area (Å²) >= 11 is 0. The number of carbonyl (C=O) groups excluding carboxylic acids is 1. The lowest BCUT2D eigenvalue weighted by Gasteiger charge is -2.21. The molecule has 3 rings (SSSR count). The second-order valence-corrected chi connectivity index (χ2v) is 7.01. The van der Waals surface area contributed by atoms with Crippen molar-refractivity contribution in [3.8, 4) is 0 Å². The van der Waals surface area contributed by atoms with Crippen LogP contribution < -0.4 is 0 Å². The summed E-state index contributed by atoms with van der Waals surface area (Å²) in [7, 11) is 0. The third-order valence-electron chi connectivity index (χ3n) is 4.52. The van der Waals surface area contributed by atoms with Gasteiger partial charge >= 0.3 is 24.4 Å². The highest BCUT2D eigenvalue weighted by atomic mass is 19.4. The van der Waals surface area contributed by atoms with Crippen LogP contribution in [0.4, 0.5) is 31.1 Å². The Hall–Kier alpha value is -3.29. The fraction of sp³-hybridized carbons (Fsp3) is 0.389. The molecule has 0 bridgehead atoms. The number of aromatic nitrogens is 2. The number of alkyl halides is 6. The number of amides is 1. The number of benzene rings is 1. The minimum absolute atomic E-state index is 0.0440. The maximum Gasteiger partial charge on any atom is 0.416 e. The van der Waals surface area contributed by atoms with Crippen LogP contribution in [0.3, 0.4) is 0 Å². The molecule has 8 nitrogen and oxygen atoms in total. The van der Waals surface area contributed by atoms with Gasteiger partial charge in [-0.2, -0.15) is 31.4 Å². The van der Waals surface area contributed by atoms with Crippen molar-refractivity contribution in [2.24, 2.45) is 0 Å². The zero-order valence-corrected chi connectivity index (χ0v) is 15.9. The van der Waals surface area contributed by atoms with E-state index < -0.39 is 53.8 Å². The number of fused-ring (bicyclic) bond motifs is 1. The third kappa shape index (κ3) is 5.30. The molecule has 0 saturated carbocycles. The fourth-order valence-electron chi connectivity index (χ4n) is 3.10. The average molecular weight is 467 g/mol.